The van der Waals surface area contributed by atoms with E-state index in [4.69, 9.17) is 16.6 Å². The van der Waals surface area contributed by atoms with E-state index in [1.165, 1.54) is 10.8 Å². The number of fused-ring (bicyclic) bond motifs is 3. The zero-order valence-electron chi connectivity index (χ0n) is 30.2. The number of carbonyl (C=O) groups excluding carboxylic acids is 2. The van der Waals surface area contributed by atoms with E-state index in [1.807, 2.05) is 24.0 Å². The van der Waals surface area contributed by atoms with Crippen LogP contribution >= 0.6 is 11.6 Å². The Balaban J connectivity index is 1.07. The molecule has 0 bridgehead atoms. The highest BCUT2D eigenvalue weighted by Gasteiger charge is 2.49. The third-order valence-corrected chi connectivity index (χ3v) is 11.9. The quantitative estimate of drug-likeness (QED) is 0.215. The van der Waals surface area contributed by atoms with E-state index in [0.29, 0.717) is 47.8 Å². The Hall–Kier alpha value is -5.58. The number of rotatable bonds is 7. The number of aromatic hydroxyl groups is 1. The Kier molecular flexibility index (Phi) is 8.55. The molecule has 1 unspecified atom stereocenters. The highest BCUT2D eigenvalue weighted by Crippen LogP contribution is 2.51. The van der Waals surface area contributed by atoms with Crippen LogP contribution in [0.5, 0.6) is 5.75 Å². The van der Waals surface area contributed by atoms with Crippen molar-refractivity contribution in [2.75, 3.05) is 36.4 Å². The van der Waals surface area contributed by atoms with Gasteiger partial charge in [0, 0.05) is 66.2 Å². The number of aromatic nitrogens is 7. The summed E-state index contributed by atoms with van der Waals surface area (Å²) in [6, 6.07) is 6.47. The molecule has 18 heteroatoms. The van der Waals surface area contributed by atoms with E-state index >= 15 is 0 Å². The summed E-state index contributed by atoms with van der Waals surface area (Å²) in [5.41, 5.74) is 0.558. The number of anilines is 2. The first-order valence-corrected chi connectivity index (χ1v) is 18.9. The largest absolute Gasteiger partial charge is 0.503 e. The molecule has 3 fully saturated rings. The number of hydrogen-bond donors (Lipinski definition) is 2. The summed E-state index contributed by atoms with van der Waals surface area (Å²) in [5.74, 6) is -0.381. The highest BCUT2D eigenvalue weighted by atomic mass is 35.5. The molecule has 56 heavy (non-hydrogen) atoms. The summed E-state index contributed by atoms with van der Waals surface area (Å²) in [7, 11) is 0. The fourth-order valence-corrected chi connectivity index (χ4v) is 8.69. The molecule has 2 N–H and O–H groups in total. The van der Waals surface area contributed by atoms with Gasteiger partial charge in [0.2, 0.25) is 11.7 Å². The number of pyridine rings is 1. The summed E-state index contributed by atoms with van der Waals surface area (Å²) in [4.78, 5) is 63.2. The van der Waals surface area contributed by atoms with Crippen molar-refractivity contribution in [3.05, 3.63) is 86.4 Å². The van der Waals surface area contributed by atoms with E-state index in [1.54, 1.807) is 15.7 Å². The van der Waals surface area contributed by atoms with Gasteiger partial charge in [-0.3, -0.25) is 19.4 Å². The Labute approximate surface area is 322 Å². The van der Waals surface area contributed by atoms with Crippen molar-refractivity contribution < 1.29 is 27.9 Å². The van der Waals surface area contributed by atoms with Crippen LogP contribution in [0.1, 0.15) is 90.3 Å². The lowest BCUT2D eigenvalue weighted by Crippen LogP contribution is -2.47. The van der Waals surface area contributed by atoms with E-state index in [2.05, 4.69) is 25.4 Å². The number of benzene rings is 1. The molecule has 1 spiro atoms. The average Bonchev–Trinajstić information content (AvgIpc) is 3.83. The van der Waals surface area contributed by atoms with Gasteiger partial charge in [0.05, 0.1) is 16.3 Å². The Bertz CT molecular complexity index is 2470. The van der Waals surface area contributed by atoms with E-state index in [-0.39, 0.29) is 64.9 Å². The number of amides is 2. The molecule has 2 aliphatic heterocycles. The molecule has 5 aromatic rings. The number of nitrogens with one attached hydrogen (secondary N) is 1. The summed E-state index contributed by atoms with van der Waals surface area (Å²) in [6.45, 7) is 3.63. The minimum Gasteiger partial charge on any atom is -0.503 e. The molecular weight excluding hydrogens is 753 g/mol. The first-order chi connectivity index (χ1) is 26.8. The molecular formula is C38H36ClF3N10O4. The molecule has 4 aliphatic rings. The van der Waals surface area contributed by atoms with Crippen molar-refractivity contribution in [3.63, 3.8) is 0 Å². The minimum atomic E-state index is -4.61. The lowest BCUT2D eigenvalue weighted by atomic mass is 9.73. The van der Waals surface area contributed by atoms with Crippen LogP contribution in [-0.2, 0) is 22.9 Å². The standard InChI is InChI=1S/C38H36ClF3N10O4/c1-20-16-37(9-13-50(14-10-37)35(56)29-31(54)33(45-19-44-29)49-11-2-12-49)28-30(20)51(18-27(53)46-26-8-6-23(15-24(26)39)38(40,41)42)36-47-32(48-52(36)34(28)55)22-5-7-25(43-17-22)21-3-4-21/h5-8,15,17,19-21,54H,2-4,9-14,16,18H2,1H3,(H,46,53). The molecule has 6 heterocycles. The predicted octanol–water partition coefficient (Wildman–Crippen LogP) is 5.53. The SMILES string of the molecule is CC1CC2(CCN(C(=O)c3ncnc(N4CCC4)c3O)CC2)c2c1n(CC(=O)Nc1ccc(C(F)(F)F)cc1Cl)c1nc(-c3ccc(C4CC4)nc3)nn1c2=O. The van der Waals surface area contributed by atoms with Gasteiger partial charge in [-0.05, 0) is 74.8 Å². The van der Waals surface area contributed by atoms with Gasteiger partial charge in [-0.2, -0.15) is 22.7 Å². The monoisotopic (exact) mass is 788 g/mol. The molecule has 9 rings (SSSR count). The van der Waals surface area contributed by atoms with Gasteiger partial charge in [0.1, 0.15) is 12.9 Å². The first-order valence-electron chi connectivity index (χ1n) is 18.6. The van der Waals surface area contributed by atoms with E-state index in [0.717, 1.165) is 56.2 Å². The molecule has 2 aliphatic carbocycles. The normalized spacial score (nSPS) is 19.0. The fraction of sp³-hybridized carbons (Fsp3) is 0.421. The van der Waals surface area contributed by atoms with Crippen LogP contribution in [0.3, 0.4) is 0 Å². The zero-order valence-corrected chi connectivity index (χ0v) is 30.9. The van der Waals surface area contributed by atoms with Gasteiger partial charge in [-0.25, -0.2) is 9.97 Å². The maximum atomic E-state index is 14.6. The Morgan fingerprint density at radius 1 is 1.05 bits per heavy atom. The summed E-state index contributed by atoms with van der Waals surface area (Å²) < 4.78 is 42.8. The van der Waals surface area contributed by atoms with Gasteiger partial charge >= 0.3 is 6.18 Å². The van der Waals surface area contributed by atoms with Crippen molar-refractivity contribution in [3.8, 4) is 17.1 Å². The van der Waals surface area contributed by atoms with Crippen molar-refractivity contribution in [1.29, 1.82) is 0 Å². The second-order valence-corrected chi connectivity index (χ2v) is 15.6. The zero-order chi connectivity index (χ0) is 39.1. The molecule has 1 aromatic carbocycles. The maximum Gasteiger partial charge on any atom is 0.416 e. The molecule has 0 radical (unpaired) electrons. The molecule has 2 amide bonds. The van der Waals surface area contributed by atoms with Crippen molar-refractivity contribution in [2.24, 2.45) is 0 Å². The predicted molar refractivity (Wildman–Crippen MR) is 198 cm³/mol. The molecule has 2 saturated heterocycles. The van der Waals surface area contributed by atoms with Gasteiger partial charge in [0.25, 0.3) is 11.5 Å². The average molecular weight is 789 g/mol. The van der Waals surface area contributed by atoms with Crippen LogP contribution in [0, 0.1) is 0 Å². The molecule has 1 atom stereocenters. The van der Waals surface area contributed by atoms with Crippen molar-refractivity contribution in [2.45, 2.75) is 75.4 Å². The molecule has 4 aromatic heterocycles. The number of halogens is 4. The second kappa shape index (κ2) is 13.3. The van der Waals surface area contributed by atoms with E-state index < -0.39 is 29.0 Å². The lowest BCUT2D eigenvalue weighted by Gasteiger charge is -2.39. The molecule has 1 saturated carbocycles. The third-order valence-electron chi connectivity index (χ3n) is 11.6. The molecule has 290 valence electrons. The Morgan fingerprint density at radius 3 is 2.46 bits per heavy atom. The molecule has 14 nitrogen and oxygen atoms in total. The number of nitrogens with zero attached hydrogens (tertiary/aromatic N) is 9. The van der Waals surface area contributed by atoms with Gasteiger partial charge in [-0.1, -0.05) is 18.5 Å². The van der Waals surface area contributed by atoms with Crippen LogP contribution in [0.2, 0.25) is 5.02 Å². The number of alkyl halides is 3. The van der Waals surface area contributed by atoms with Gasteiger partial charge < -0.3 is 24.8 Å². The fourth-order valence-electron chi connectivity index (χ4n) is 8.46. The highest BCUT2D eigenvalue weighted by molar-refractivity contribution is 6.33. The Morgan fingerprint density at radius 2 is 1.82 bits per heavy atom. The van der Waals surface area contributed by atoms with Gasteiger partial charge in [-0.15, -0.1) is 5.10 Å². The van der Waals surface area contributed by atoms with Crippen LogP contribution in [-0.4, -0.2) is 82.1 Å². The smallest absolute Gasteiger partial charge is 0.416 e. The summed E-state index contributed by atoms with van der Waals surface area (Å²) >= 11 is 6.18. The summed E-state index contributed by atoms with van der Waals surface area (Å²) in [6.07, 6.45) is 2.86. The minimum absolute atomic E-state index is 0.00404. The van der Waals surface area contributed by atoms with Crippen molar-refractivity contribution >= 4 is 40.7 Å². The summed E-state index contributed by atoms with van der Waals surface area (Å²) in [5, 5.41) is 17.9. The topological polar surface area (TPSA) is 164 Å². The van der Waals surface area contributed by atoms with Crippen LogP contribution in [0.15, 0.2) is 47.7 Å². The van der Waals surface area contributed by atoms with Crippen LogP contribution < -0.4 is 15.8 Å². The number of piperidine rings is 1. The number of carbonyl (C=O) groups is 2. The van der Waals surface area contributed by atoms with Crippen LogP contribution in [0.4, 0.5) is 24.7 Å². The second-order valence-electron chi connectivity index (χ2n) is 15.2. The first kappa shape index (κ1) is 36.1. The number of hydrogen-bond acceptors (Lipinski definition) is 10. The lowest BCUT2D eigenvalue weighted by molar-refractivity contribution is -0.137. The van der Waals surface area contributed by atoms with Gasteiger partial charge in [0.15, 0.2) is 23.1 Å². The maximum absolute atomic E-state index is 14.6. The number of likely N-dealkylation sites (tertiary alicyclic amines) is 1. The van der Waals surface area contributed by atoms with Crippen molar-refractivity contribution in [1.82, 2.24) is 39.0 Å². The third kappa shape index (κ3) is 6.12. The van der Waals surface area contributed by atoms with E-state index in [9.17, 15) is 32.7 Å². The van der Waals surface area contributed by atoms with Crippen LogP contribution in [0.25, 0.3) is 17.2 Å².